The normalized spacial score (nSPS) is 12.0. The molecule has 0 atom stereocenters. The number of hydrogen-bond acceptors (Lipinski definition) is 3. The first-order valence-corrected chi connectivity index (χ1v) is 8.41. The first-order chi connectivity index (χ1) is 11.7. The second-order valence-electron chi connectivity index (χ2n) is 7.39. The topological polar surface area (TPSA) is 44.7 Å². The average Bonchev–Trinajstić information content (AvgIpc) is 2.54. The third kappa shape index (κ3) is 5.18. The van der Waals surface area contributed by atoms with Crippen molar-refractivity contribution >= 4 is 23.1 Å². The molecular weight excluding hydrogens is 310 g/mol. The lowest BCUT2D eigenvalue weighted by Crippen LogP contribution is -2.28. The van der Waals surface area contributed by atoms with Gasteiger partial charge in [-0.25, -0.2) is 4.99 Å². The van der Waals surface area contributed by atoms with Gasteiger partial charge in [0.15, 0.2) is 0 Å². The molecule has 0 aromatic heterocycles. The van der Waals surface area contributed by atoms with Crippen LogP contribution in [0.2, 0.25) is 0 Å². The molecule has 0 fully saturated rings. The summed E-state index contributed by atoms with van der Waals surface area (Å²) in [5.41, 5.74) is 3.83. The first kappa shape index (κ1) is 18.7. The van der Waals surface area contributed by atoms with E-state index in [1.807, 2.05) is 67.5 Å². The summed E-state index contributed by atoms with van der Waals surface area (Å²) in [4.78, 5) is 18.8. The van der Waals surface area contributed by atoms with E-state index >= 15 is 0 Å². The fourth-order valence-corrected chi connectivity index (χ4v) is 2.40. The Balaban J connectivity index is 2.06. The number of carbonyl (C=O) groups is 1. The Bertz CT molecular complexity index is 751. The quantitative estimate of drug-likeness (QED) is 0.660. The number of carbonyl (C=O) groups excluding carboxylic acids is 1. The molecule has 2 rings (SSSR count). The fourth-order valence-electron chi connectivity index (χ4n) is 2.40. The molecule has 1 N–H and O–H groups in total. The number of benzene rings is 2. The van der Waals surface area contributed by atoms with Gasteiger partial charge in [0.1, 0.15) is 5.84 Å². The van der Waals surface area contributed by atoms with Crippen LogP contribution in [-0.4, -0.2) is 25.8 Å². The van der Waals surface area contributed by atoms with Crippen molar-refractivity contribution < 1.29 is 4.79 Å². The summed E-state index contributed by atoms with van der Waals surface area (Å²) in [6.45, 7) is 8.25. The van der Waals surface area contributed by atoms with Gasteiger partial charge in [0.05, 0.1) is 5.69 Å². The molecule has 0 spiro atoms. The van der Waals surface area contributed by atoms with E-state index in [-0.39, 0.29) is 11.3 Å². The number of amidine groups is 1. The zero-order valence-electron chi connectivity index (χ0n) is 15.9. The van der Waals surface area contributed by atoms with Crippen molar-refractivity contribution in [3.63, 3.8) is 0 Å². The zero-order chi connectivity index (χ0) is 18.6. The van der Waals surface area contributed by atoms with E-state index in [1.54, 1.807) is 6.92 Å². The Morgan fingerprint density at radius 1 is 0.960 bits per heavy atom. The Hall–Kier alpha value is -2.62. The minimum absolute atomic E-state index is 0.0745. The fraction of sp³-hybridized carbons (Fsp3) is 0.333. The van der Waals surface area contributed by atoms with E-state index in [1.165, 1.54) is 5.56 Å². The van der Waals surface area contributed by atoms with Gasteiger partial charge in [-0.3, -0.25) is 4.79 Å². The maximum Gasteiger partial charge on any atom is 0.256 e. The van der Waals surface area contributed by atoms with Crippen LogP contribution in [0, 0.1) is 0 Å². The van der Waals surface area contributed by atoms with E-state index in [4.69, 9.17) is 0 Å². The molecule has 0 saturated heterocycles. The maximum absolute atomic E-state index is 12.4. The van der Waals surface area contributed by atoms with E-state index < -0.39 is 0 Å². The predicted molar refractivity (Wildman–Crippen MR) is 106 cm³/mol. The van der Waals surface area contributed by atoms with Crippen molar-refractivity contribution in [2.75, 3.05) is 19.0 Å². The molecule has 0 aliphatic rings. The summed E-state index contributed by atoms with van der Waals surface area (Å²) >= 11 is 0. The molecule has 4 heteroatoms. The Kier molecular flexibility index (Phi) is 5.62. The van der Waals surface area contributed by atoms with Gasteiger partial charge in [0, 0.05) is 25.3 Å². The number of nitrogens with zero attached hydrogens (tertiary/aromatic N) is 2. The van der Waals surface area contributed by atoms with Crippen molar-refractivity contribution in [1.29, 1.82) is 0 Å². The van der Waals surface area contributed by atoms with Crippen molar-refractivity contribution in [2.45, 2.75) is 33.1 Å². The standard InChI is InChI=1S/C21H27N3O/c1-15(22-18-11-13-19(14-12-18)24(5)6)23-20(25)16-7-9-17(10-8-16)21(2,3)4/h7-14H,1-6H3,(H,22,23,25). The van der Waals surface area contributed by atoms with Gasteiger partial charge >= 0.3 is 0 Å². The van der Waals surface area contributed by atoms with Crippen LogP contribution in [0.1, 0.15) is 43.6 Å². The number of rotatable bonds is 3. The minimum Gasteiger partial charge on any atom is -0.378 e. The predicted octanol–water partition coefficient (Wildman–Crippen LogP) is 4.53. The molecule has 1 amide bonds. The molecule has 2 aromatic rings. The second-order valence-corrected chi connectivity index (χ2v) is 7.39. The molecule has 132 valence electrons. The smallest absolute Gasteiger partial charge is 0.256 e. The lowest BCUT2D eigenvalue weighted by molar-refractivity contribution is 0.0977. The summed E-state index contributed by atoms with van der Waals surface area (Å²) in [6, 6.07) is 15.6. The number of anilines is 1. The largest absolute Gasteiger partial charge is 0.378 e. The number of aliphatic imine (C=N–C) groups is 1. The molecule has 4 nitrogen and oxygen atoms in total. The monoisotopic (exact) mass is 337 g/mol. The van der Waals surface area contributed by atoms with Gasteiger partial charge in [-0.2, -0.15) is 0 Å². The Labute approximate surface area is 150 Å². The molecule has 25 heavy (non-hydrogen) atoms. The van der Waals surface area contributed by atoms with Crippen LogP contribution in [0.5, 0.6) is 0 Å². The van der Waals surface area contributed by atoms with Gasteiger partial charge in [-0.05, 0) is 54.3 Å². The van der Waals surface area contributed by atoms with Crippen LogP contribution in [0.15, 0.2) is 53.5 Å². The van der Waals surface area contributed by atoms with Gasteiger partial charge in [-0.1, -0.05) is 32.9 Å². The van der Waals surface area contributed by atoms with Crippen LogP contribution in [0.25, 0.3) is 0 Å². The summed E-state index contributed by atoms with van der Waals surface area (Å²) in [5.74, 6) is 0.425. The Morgan fingerprint density at radius 3 is 2.00 bits per heavy atom. The number of amides is 1. The molecular formula is C21H27N3O. The van der Waals surface area contributed by atoms with Crippen molar-refractivity contribution in [1.82, 2.24) is 5.32 Å². The highest BCUT2D eigenvalue weighted by Gasteiger charge is 2.14. The van der Waals surface area contributed by atoms with Gasteiger partial charge in [0.2, 0.25) is 0 Å². The van der Waals surface area contributed by atoms with Crippen molar-refractivity contribution in [2.24, 2.45) is 4.99 Å². The van der Waals surface area contributed by atoms with Gasteiger partial charge in [0.25, 0.3) is 5.91 Å². The SMILES string of the molecule is CC(=Nc1ccc(N(C)C)cc1)NC(=O)c1ccc(C(C)(C)C)cc1. The van der Waals surface area contributed by atoms with Crippen molar-refractivity contribution in [3.8, 4) is 0 Å². The molecule has 0 aliphatic heterocycles. The summed E-state index contributed by atoms with van der Waals surface area (Å²) in [5, 5.41) is 2.84. The van der Waals surface area contributed by atoms with E-state index in [9.17, 15) is 4.79 Å². The lowest BCUT2D eigenvalue weighted by atomic mass is 9.87. The van der Waals surface area contributed by atoms with E-state index in [0.717, 1.165) is 11.4 Å². The number of hydrogen-bond donors (Lipinski definition) is 1. The highest BCUT2D eigenvalue weighted by Crippen LogP contribution is 2.22. The van der Waals surface area contributed by atoms with E-state index in [2.05, 4.69) is 31.1 Å². The number of nitrogens with one attached hydrogen (secondary N) is 1. The second kappa shape index (κ2) is 7.51. The average molecular weight is 337 g/mol. The molecule has 0 bridgehead atoms. The third-order valence-corrected chi connectivity index (χ3v) is 3.97. The highest BCUT2D eigenvalue weighted by molar-refractivity contribution is 6.06. The molecule has 2 aromatic carbocycles. The molecule has 0 saturated carbocycles. The van der Waals surface area contributed by atoms with Crippen LogP contribution in [0.3, 0.4) is 0 Å². The van der Waals surface area contributed by atoms with E-state index in [0.29, 0.717) is 11.4 Å². The van der Waals surface area contributed by atoms with Crippen LogP contribution < -0.4 is 10.2 Å². The maximum atomic E-state index is 12.4. The summed E-state index contributed by atoms with van der Waals surface area (Å²) in [7, 11) is 3.99. The van der Waals surface area contributed by atoms with Gasteiger partial charge in [-0.15, -0.1) is 0 Å². The zero-order valence-corrected chi connectivity index (χ0v) is 15.9. The van der Waals surface area contributed by atoms with Gasteiger partial charge < -0.3 is 10.2 Å². The molecule has 0 unspecified atom stereocenters. The minimum atomic E-state index is -0.147. The van der Waals surface area contributed by atoms with Crippen molar-refractivity contribution in [3.05, 3.63) is 59.7 Å². The summed E-state index contributed by atoms with van der Waals surface area (Å²) in [6.07, 6.45) is 0. The van der Waals surface area contributed by atoms with Crippen LogP contribution in [0.4, 0.5) is 11.4 Å². The van der Waals surface area contributed by atoms with Crippen LogP contribution in [-0.2, 0) is 5.41 Å². The summed E-state index contributed by atoms with van der Waals surface area (Å²) < 4.78 is 0. The third-order valence-electron chi connectivity index (χ3n) is 3.97. The van der Waals surface area contributed by atoms with Crippen LogP contribution >= 0.6 is 0 Å². The first-order valence-electron chi connectivity index (χ1n) is 8.41. The molecule has 0 aliphatic carbocycles. The Morgan fingerprint density at radius 2 is 1.52 bits per heavy atom. The lowest BCUT2D eigenvalue weighted by Gasteiger charge is -2.19. The highest BCUT2D eigenvalue weighted by atomic mass is 16.1. The molecule has 0 radical (unpaired) electrons. The molecule has 0 heterocycles.